The van der Waals surface area contributed by atoms with Crippen LogP contribution in [0.5, 0.6) is 0 Å². The zero-order valence-electron chi connectivity index (χ0n) is 32.3. The van der Waals surface area contributed by atoms with Crippen molar-refractivity contribution in [3.05, 3.63) is 309 Å². The molecular weight excluding hydrogens is 992 g/mol. The summed E-state index contributed by atoms with van der Waals surface area (Å²) in [5.74, 6) is -0.0341. The Morgan fingerprint density at radius 3 is 0.767 bits per heavy atom. The standard InChI is InChI=1S/3C17H15O.CHCl3.2Pd/c3*18-17(13-11-15-7-3-1-4-8-15)14-12-16-9-5-2-6-10-16;2-1(3)4;;/h3*1-14,18H;1H;;/q3*-3;;;/p-3/b3*17-13-;;;. The van der Waals surface area contributed by atoms with E-state index in [1.165, 1.54) is 0 Å². The normalized spacial score (nSPS) is 20.5. The molecule has 0 aromatic rings. The molecule has 0 heterocycles. The third-order valence-corrected chi connectivity index (χ3v) is 7.44. The zero-order valence-corrected chi connectivity index (χ0v) is 37.7. The van der Waals surface area contributed by atoms with E-state index in [1.807, 2.05) is 221 Å². The van der Waals surface area contributed by atoms with Gasteiger partial charge in [-0.3, -0.25) is 0 Å². The Bertz CT molecular complexity index is 1780. The summed E-state index contributed by atoms with van der Waals surface area (Å²) in [6, 6.07) is 0. The number of hydrogen-bond donors (Lipinski definition) is 0. The van der Waals surface area contributed by atoms with Gasteiger partial charge in [-0.1, -0.05) is 34.8 Å². The minimum atomic E-state index is -0.750. The third kappa shape index (κ3) is 26.9. The minimum absolute atomic E-state index is 0. The second-order valence-corrected chi connectivity index (χ2v) is 13.9. The zero-order chi connectivity index (χ0) is 41.5. The smallest absolute Gasteiger partial charge is 0.180 e. The van der Waals surface area contributed by atoms with E-state index in [9.17, 15) is 15.3 Å². The van der Waals surface area contributed by atoms with Gasteiger partial charge in [0.15, 0.2) is 4.30 Å². The Balaban J connectivity index is 0.000000423. The van der Waals surface area contributed by atoms with Gasteiger partial charge in [-0.2, -0.15) is 109 Å². The van der Waals surface area contributed by atoms with Crippen LogP contribution in [0.1, 0.15) is 0 Å². The number of rotatable bonds is 9. The van der Waals surface area contributed by atoms with E-state index in [1.54, 1.807) is 37.5 Å². The van der Waals surface area contributed by atoms with Gasteiger partial charge >= 0.3 is 0 Å². The number of hydrogen-bond acceptors (Lipinski definition) is 3. The maximum Gasteiger partial charge on any atom is 0.180 e. The molecule has 0 aliphatic heterocycles. The van der Waals surface area contributed by atoms with Gasteiger partial charge in [0.05, 0.1) is 0 Å². The summed E-state index contributed by atoms with van der Waals surface area (Å²) in [6.45, 7) is 0. The maximum atomic E-state index is 11.6. The molecule has 0 spiro atoms. The summed E-state index contributed by atoms with van der Waals surface area (Å²) in [4.78, 5) is 0. The van der Waals surface area contributed by atoms with E-state index >= 15 is 0 Å². The predicted octanol–water partition coefficient (Wildman–Crippen LogP) is 10.8. The number of alkyl halides is 3. The Labute approximate surface area is 401 Å². The van der Waals surface area contributed by atoms with Crippen molar-refractivity contribution < 1.29 is 56.2 Å². The van der Waals surface area contributed by atoms with Gasteiger partial charge in [0, 0.05) is 40.8 Å². The van der Waals surface area contributed by atoms with Gasteiger partial charge in [0.2, 0.25) is 0 Å². The van der Waals surface area contributed by atoms with Crippen molar-refractivity contribution in [2.45, 2.75) is 4.30 Å². The Morgan fingerprint density at radius 1 is 0.383 bits per heavy atom. The van der Waals surface area contributed by atoms with Crippen molar-refractivity contribution in [2.75, 3.05) is 0 Å². The van der Waals surface area contributed by atoms with Crippen LogP contribution in [0.3, 0.4) is 0 Å². The third-order valence-electron chi connectivity index (χ3n) is 7.44. The van der Waals surface area contributed by atoms with Crippen molar-refractivity contribution in [3.8, 4) is 0 Å². The molecule has 60 heavy (non-hydrogen) atoms. The fourth-order valence-corrected chi connectivity index (χ4v) is 4.62. The molecule has 8 heteroatoms. The molecule has 0 amide bonds. The molecule has 6 rings (SSSR count). The Kier molecular flexibility index (Phi) is 29.8. The molecule has 6 aliphatic carbocycles. The topological polar surface area (TPSA) is 69.2 Å². The first-order valence-electron chi connectivity index (χ1n) is 18.2. The first-order chi connectivity index (χ1) is 28.3. The summed E-state index contributed by atoms with van der Waals surface area (Å²) in [6.07, 6.45) is 79.0. The summed E-state index contributed by atoms with van der Waals surface area (Å²) >= 11 is 14.4. The van der Waals surface area contributed by atoms with E-state index < -0.39 is 4.30 Å². The van der Waals surface area contributed by atoms with Crippen LogP contribution in [0, 0.1) is 57.8 Å². The fraction of sp³-hybridized carbons (Fsp3) is 0.0192. The number of allylic oxidation sites excluding steroid dienone is 39. The molecule has 0 bridgehead atoms. The van der Waals surface area contributed by atoms with Gasteiger partial charge in [-0.15, -0.1) is 110 Å². The minimum Gasteiger partial charge on any atom is -0.892 e. The van der Waals surface area contributed by atoms with Crippen LogP contribution in [0.25, 0.3) is 0 Å². The van der Waals surface area contributed by atoms with Crippen LogP contribution in [0.15, 0.2) is 251 Å². The van der Waals surface area contributed by atoms with E-state index in [-0.39, 0.29) is 58.1 Å². The van der Waals surface area contributed by atoms with Gasteiger partial charge in [-0.05, 0) is 0 Å². The van der Waals surface area contributed by atoms with Gasteiger partial charge in [0.1, 0.15) is 0 Å². The van der Waals surface area contributed by atoms with Crippen molar-refractivity contribution in [3.63, 3.8) is 0 Å². The summed E-state index contributed by atoms with van der Waals surface area (Å²) in [5.41, 5.74) is 6.16. The summed E-state index contributed by atoms with van der Waals surface area (Å²) in [5, 5.41) is 34.8. The van der Waals surface area contributed by atoms with Crippen LogP contribution < -0.4 is 15.3 Å². The van der Waals surface area contributed by atoms with Crippen molar-refractivity contribution in [1.29, 1.82) is 0 Å². The molecule has 0 aromatic carbocycles. The molecule has 0 N–H and O–H groups in total. The molecule has 0 atom stereocenters. The molecule has 3 nitrogen and oxygen atoms in total. The van der Waals surface area contributed by atoms with Crippen LogP contribution in [-0.4, -0.2) is 4.30 Å². The molecule has 0 saturated carbocycles. The molecule has 6 aliphatic rings. The van der Waals surface area contributed by atoms with Gasteiger partial charge in [0.25, 0.3) is 0 Å². The van der Waals surface area contributed by atoms with E-state index in [0.717, 1.165) is 33.4 Å². The van der Waals surface area contributed by atoms with E-state index in [4.69, 9.17) is 34.8 Å². The maximum absolute atomic E-state index is 11.6. The van der Waals surface area contributed by atoms with Crippen LogP contribution in [0.4, 0.5) is 0 Å². The monoisotopic (exact) mass is 1030 g/mol. The largest absolute Gasteiger partial charge is 0.892 e. The average molecular weight is 1040 g/mol. The van der Waals surface area contributed by atoms with Gasteiger partial charge in [-0.25, -0.2) is 89.7 Å². The molecule has 0 fully saturated rings. The fourth-order valence-electron chi connectivity index (χ4n) is 4.62. The van der Waals surface area contributed by atoms with Crippen molar-refractivity contribution in [2.24, 2.45) is 0 Å². The summed E-state index contributed by atoms with van der Waals surface area (Å²) in [7, 11) is 0. The van der Waals surface area contributed by atoms with E-state index in [0.29, 0.717) is 0 Å². The second kappa shape index (κ2) is 33.8. The Hall–Kier alpha value is -5.04. The van der Waals surface area contributed by atoms with E-state index in [2.05, 4.69) is 0 Å². The van der Waals surface area contributed by atoms with Crippen LogP contribution in [-0.2, 0) is 40.8 Å². The first-order valence-corrected chi connectivity index (χ1v) is 19.5. The second-order valence-electron chi connectivity index (χ2n) is 11.9. The van der Waals surface area contributed by atoms with Crippen molar-refractivity contribution in [1.82, 2.24) is 0 Å². The molecule has 0 radical (unpaired) electrons. The average Bonchev–Trinajstić information content (AvgIpc) is 3.27. The number of halogens is 3. The summed E-state index contributed by atoms with van der Waals surface area (Å²) < 4.78 is -0.750. The van der Waals surface area contributed by atoms with Gasteiger partial charge < -0.3 is 15.3 Å². The molecule has 0 unspecified atom stereocenters. The molecular formula is C52H43Cl3O3Pd2-12. The molecule has 322 valence electrons. The first kappa shape index (κ1) is 53.0. The van der Waals surface area contributed by atoms with Crippen molar-refractivity contribution >= 4 is 34.8 Å². The van der Waals surface area contributed by atoms with Crippen LogP contribution in [0.2, 0.25) is 0 Å². The predicted molar refractivity (Wildman–Crippen MR) is 242 cm³/mol. The molecule has 0 saturated heterocycles. The quantitative estimate of drug-likeness (QED) is 0.100. The van der Waals surface area contributed by atoms with Crippen LogP contribution >= 0.6 is 34.8 Å². The SMILES string of the molecule is ClC(Cl)Cl.[O-]/C(=C\C=C1/C=CC=C[CH-]1)[CH-]/C=C1/C=CC=C[CH-]1.[O-]/C(=C\C=C1\C=CC=C[CH-]1)[CH-]/C=C1/C=CC=C[CH-]1.[O-]/C(=C\C=C1\C=CC=C[CH-]1)[CH-]/C=C1\C=CC=C[CH-]1.[Pd].[Pd]. The Morgan fingerprint density at radius 2 is 0.583 bits per heavy atom. The molecule has 0 aromatic heterocycles.